The Morgan fingerprint density at radius 1 is 1.24 bits per heavy atom. The van der Waals surface area contributed by atoms with Crippen molar-refractivity contribution in [2.45, 2.75) is 11.8 Å². The third kappa shape index (κ3) is 4.96. The first-order valence-corrected chi connectivity index (χ1v) is 8.63. The van der Waals surface area contributed by atoms with Crippen LogP contribution in [0, 0.1) is 0 Å². The zero-order valence-electron chi connectivity index (χ0n) is 12.2. The summed E-state index contributed by atoms with van der Waals surface area (Å²) in [4.78, 5) is 2.44. The molecule has 1 aliphatic rings. The van der Waals surface area contributed by atoms with Gasteiger partial charge in [0.15, 0.2) is 0 Å². The molecule has 0 bridgehead atoms. The van der Waals surface area contributed by atoms with Gasteiger partial charge in [-0.2, -0.15) is 0 Å². The summed E-state index contributed by atoms with van der Waals surface area (Å²) < 4.78 is 37.5. The van der Waals surface area contributed by atoms with Crippen LogP contribution in [-0.2, 0) is 14.8 Å². The van der Waals surface area contributed by atoms with Gasteiger partial charge in [0.1, 0.15) is 5.75 Å². The lowest BCUT2D eigenvalue weighted by molar-refractivity contribution is 0.0390. The number of hydrogen-bond acceptors (Lipinski definition) is 5. The van der Waals surface area contributed by atoms with E-state index in [1.54, 1.807) is 24.3 Å². The monoisotopic (exact) mass is 314 g/mol. The molecule has 0 atom stereocenters. The molecule has 0 aliphatic carbocycles. The summed E-state index contributed by atoms with van der Waals surface area (Å²) in [6.07, 6.45) is 0. The van der Waals surface area contributed by atoms with Crippen LogP contribution in [0.3, 0.4) is 0 Å². The van der Waals surface area contributed by atoms with E-state index in [-0.39, 0.29) is 4.90 Å². The fourth-order valence-corrected chi connectivity index (χ4v) is 3.15. The average Bonchev–Trinajstić information content (AvgIpc) is 2.49. The summed E-state index contributed by atoms with van der Waals surface area (Å²) >= 11 is 0. The van der Waals surface area contributed by atoms with E-state index in [1.807, 2.05) is 6.92 Å². The van der Waals surface area contributed by atoms with Gasteiger partial charge in [-0.1, -0.05) is 0 Å². The summed E-state index contributed by atoms with van der Waals surface area (Å²) in [5.41, 5.74) is 0. The minimum Gasteiger partial charge on any atom is -0.494 e. The van der Waals surface area contributed by atoms with Crippen LogP contribution in [0.15, 0.2) is 29.2 Å². The van der Waals surface area contributed by atoms with Crippen molar-refractivity contribution >= 4 is 10.0 Å². The summed E-state index contributed by atoms with van der Waals surface area (Å²) in [5, 5.41) is 0. The second kappa shape index (κ2) is 7.74. The molecular formula is C14H22N2O4S. The summed E-state index contributed by atoms with van der Waals surface area (Å²) in [6.45, 7) is 6.67. The van der Waals surface area contributed by atoms with Gasteiger partial charge in [-0.15, -0.1) is 0 Å². The van der Waals surface area contributed by atoms with E-state index < -0.39 is 10.0 Å². The molecule has 0 amide bonds. The highest BCUT2D eigenvalue weighted by Gasteiger charge is 2.15. The van der Waals surface area contributed by atoms with Crippen LogP contribution < -0.4 is 9.46 Å². The second-order valence-electron chi connectivity index (χ2n) is 4.76. The summed E-state index contributed by atoms with van der Waals surface area (Å²) in [5.74, 6) is 0.671. The Balaban J connectivity index is 1.85. The lowest BCUT2D eigenvalue weighted by atomic mass is 10.3. The van der Waals surface area contributed by atoms with E-state index in [9.17, 15) is 8.42 Å². The van der Waals surface area contributed by atoms with Crippen molar-refractivity contribution < 1.29 is 17.9 Å². The molecule has 1 aliphatic heterocycles. The first-order chi connectivity index (χ1) is 10.1. The molecule has 1 saturated heterocycles. The van der Waals surface area contributed by atoms with Crippen LogP contribution in [0.4, 0.5) is 0 Å². The minimum absolute atomic E-state index is 0.257. The Morgan fingerprint density at radius 3 is 2.52 bits per heavy atom. The normalized spacial score (nSPS) is 16.8. The molecule has 1 heterocycles. The minimum atomic E-state index is -3.46. The Bertz CT molecular complexity index is 524. The standard InChI is InChI=1S/C14H22N2O4S/c1-2-20-13-3-5-14(6-4-13)21(17,18)15-7-8-16-9-11-19-12-10-16/h3-6,15H,2,7-12H2,1H3. The van der Waals surface area contributed by atoms with Crippen LogP contribution in [0.5, 0.6) is 5.75 Å². The third-order valence-corrected chi connectivity index (χ3v) is 4.75. The Kier molecular flexibility index (Phi) is 5.98. The Labute approximate surface area is 126 Å². The molecule has 0 unspecified atom stereocenters. The predicted octanol–water partition coefficient (Wildman–Crippen LogP) is 0.696. The molecule has 6 nitrogen and oxygen atoms in total. The molecule has 0 radical (unpaired) electrons. The Morgan fingerprint density at radius 2 is 1.90 bits per heavy atom. The first-order valence-electron chi connectivity index (χ1n) is 7.14. The van der Waals surface area contributed by atoms with E-state index in [2.05, 4.69) is 9.62 Å². The zero-order chi connectivity index (χ0) is 15.1. The van der Waals surface area contributed by atoms with Gasteiger partial charge in [-0.05, 0) is 31.2 Å². The first kappa shape index (κ1) is 16.2. The van der Waals surface area contributed by atoms with Crippen LogP contribution in [0.2, 0.25) is 0 Å². The van der Waals surface area contributed by atoms with Gasteiger partial charge in [0.05, 0.1) is 24.7 Å². The van der Waals surface area contributed by atoms with Crippen molar-refractivity contribution in [1.29, 1.82) is 0 Å². The molecule has 2 rings (SSSR count). The lowest BCUT2D eigenvalue weighted by Gasteiger charge is -2.26. The molecule has 0 spiro atoms. The van der Waals surface area contributed by atoms with Gasteiger partial charge >= 0.3 is 0 Å². The van der Waals surface area contributed by atoms with E-state index in [0.29, 0.717) is 38.7 Å². The van der Waals surface area contributed by atoms with Gasteiger partial charge in [0, 0.05) is 26.2 Å². The van der Waals surface area contributed by atoms with Gasteiger partial charge in [-0.25, -0.2) is 13.1 Å². The molecule has 21 heavy (non-hydrogen) atoms. The van der Waals surface area contributed by atoms with Gasteiger partial charge in [-0.3, -0.25) is 4.90 Å². The topological polar surface area (TPSA) is 67.9 Å². The molecule has 1 aromatic rings. The number of sulfonamides is 1. The van der Waals surface area contributed by atoms with Gasteiger partial charge in [0.2, 0.25) is 10.0 Å². The van der Waals surface area contributed by atoms with E-state index in [4.69, 9.17) is 9.47 Å². The van der Waals surface area contributed by atoms with Crippen LogP contribution in [0.1, 0.15) is 6.92 Å². The van der Waals surface area contributed by atoms with Crippen molar-refractivity contribution in [2.24, 2.45) is 0 Å². The highest BCUT2D eigenvalue weighted by Crippen LogP contribution is 2.15. The van der Waals surface area contributed by atoms with Crippen molar-refractivity contribution in [3.8, 4) is 5.75 Å². The fraction of sp³-hybridized carbons (Fsp3) is 0.571. The van der Waals surface area contributed by atoms with Crippen LogP contribution in [-0.4, -0.2) is 59.3 Å². The number of hydrogen-bond donors (Lipinski definition) is 1. The van der Waals surface area contributed by atoms with Crippen molar-refractivity contribution in [1.82, 2.24) is 9.62 Å². The third-order valence-electron chi connectivity index (χ3n) is 3.27. The fourth-order valence-electron chi connectivity index (χ4n) is 2.13. The number of benzene rings is 1. The lowest BCUT2D eigenvalue weighted by Crippen LogP contribution is -2.41. The van der Waals surface area contributed by atoms with Crippen molar-refractivity contribution in [3.05, 3.63) is 24.3 Å². The molecular weight excluding hydrogens is 292 g/mol. The van der Waals surface area contributed by atoms with Crippen LogP contribution in [0.25, 0.3) is 0 Å². The van der Waals surface area contributed by atoms with Gasteiger partial charge < -0.3 is 9.47 Å². The maximum Gasteiger partial charge on any atom is 0.240 e. The summed E-state index contributed by atoms with van der Waals surface area (Å²) in [6, 6.07) is 6.45. The number of nitrogens with one attached hydrogen (secondary N) is 1. The van der Waals surface area contributed by atoms with Crippen molar-refractivity contribution in [2.75, 3.05) is 46.0 Å². The number of ether oxygens (including phenoxy) is 2. The summed E-state index contributed by atoms with van der Waals surface area (Å²) in [7, 11) is -3.46. The van der Waals surface area contributed by atoms with E-state index in [1.165, 1.54) is 0 Å². The van der Waals surface area contributed by atoms with Gasteiger partial charge in [0.25, 0.3) is 0 Å². The van der Waals surface area contributed by atoms with Crippen LogP contribution >= 0.6 is 0 Å². The molecule has 1 aromatic carbocycles. The largest absolute Gasteiger partial charge is 0.494 e. The quantitative estimate of drug-likeness (QED) is 0.802. The number of nitrogens with zero attached hydrogens (tertiary/aromatic N) is 1. The zero-order valence-corrected chi connectivity index (χ0v) is 13.1. The second-order valence-corrected chi connectivity index (χ2v) is 6.52. The molecule has 118 valence electrons. The van der Waals surface area contributed by atoms with Crippen molar-refractivity contribution in [3.63, 3.8) is 0 Å². The average molecular weight is 314 g/mol. The molecule has 1 fully saturated rings. The smallest absolute Gasteiger partial charge is 0.240 e. The SMILES string of the molecule is CCOc1ccc(S(=O)(=O)NCCN2CCOCC2)cc1. The van der Waals surface area contributed by atoms with E-state index in [0.717, 1.165) is 13.1 Å². The molecule has 0 aromatic heterocycles. The number of rotatable bonds is 7. The predicted molar refractivity (Wildman–Crippen MR) is 80.1 cm³/mol. The molecule has 1 N–H and O–H groups in total. The number of morpholine rings is 1. The molecule has 7 heteroatoms. The molecule has 0 saturated carbocycles. The highest BCUT2D eigenvalue weighted by atomic mass is 32.2. The maximum atomic E-state index is 12.1. The maximum absolute atomic E-state index is 12.1. The highest BCUT2D eigenvalue weighted by molar-refractivity contribution is 7.89. The van der Waals surface area contributed by atoms with E-state index >= 15 is 0 Å². The Hall–Kier alpha value is -1.15.